The van der Waals surface area contributed by atoms with Gasteiger partial charge >= 0.3 is 5.97 Å². The molecule has 96 valence electrons. The molecule has 18 heavy (non-hydrogen) atoms. The molecule has 1 atom stereocenters. The standard InChI is InChI=1S/C12H14N2O2S2/c1-7-6-18-11(14-7)8(2)13-5-9-3-4-17-10(9)12(15)16/h3-4,6,8,13H,5H2,1-2H3,(H,15,16). The minimum atomic E-state index is -0.862. The third-order valence-electron chi connectivity index (χ3n) is 2.55. The summed E-state index contributed by atoms with van der Waals surface area (Å²) in [7, 11) is 0. The summed E-state index contributed by atoms with van der Waals surface area (Å²) in [6.07, 6.45) is 0. The summed E-state index contributed by atoms with van der Waals surface area (Å²) >= 11 is 2.87. The van der Waals surface area contributed by atoms with Gasteiger partial charge in [0.05, 0.1) is 6.04 Å². The van der Waals surface area contributed by atoms with Crippen molar-refractivity contribution in [3.05, 3.63) is 38.0 Å². The van der Waals surface area contributed by atoms with Gasteiger partial charge in [-0.1, -0.05) is 0 Å². The number of carbonyl (C=O) groups is 1. The molecule has 0 aliphatic rings. The Kier molecular flexibility index (Phi) is 4.11. The quantitative estimate of drug-likeness (QED) is 0.884. The van der Waals surface area contributed by atoms with Crippen LogP contribution in [0.1, 0.15) is 38.9 Å². The molecule has 0 fully saturated rings. The number of carboxylic acids is 1. The van der Waals surface area contributed by atoms with Crippen molar-refractivity contribution in [1.82, 2.24) is 10.3 Å². The van der Waals surface area contributed by atoms with Gasteiger partial charge in [-0.05, 0) is 30.9 Å². The van der Waals surface area contributed by atoms with E-state index in [0.717, 1.165) is 16.3 Å². The Balaban J connectivity index is 1.99. The molecule has 0 aliphatic carbocycles. The van der Waals surface area contributed by atoms with Gasteiger partial charge in [-0.15, -0.1) is 22.7 Å². The topological polar surface area (TPSA) is 62.2 Å². The molecule has 0 amide bonds. The van der Waals surface area contributed by atoms with Gasteiger partial charge in [-0.25, -0.2) is 9.78 Å². The van der Waals surface area contributed by atoms with E-state index in [9.17, 15) is 4.79 Å². The molecule has 0 saturated heterocycles. The highest BCUT2D eigenvalue weighted by molar-refractivity contribution is 7.12. The van der Waals surface area contributed by atoms with Crippen LogP contribution in [0.3, 0.4) is 0 Å². The lowest BCUT2D eigenvalue weighted by Gasteiger charge is -2.10. The predicted octanol–water partition coefficient (Wildman–Crippen LogP) is 3.06. The van der Waals surface area contributed by atoms with Crippen LogP contribution in [0.15, 0.2) is 16.8 Å². The number of carboxylic acid groups (broad SMARTS) is 1. The molecule has 0 aromatic carbocycles. The highest BCUT2D eigenvalue weighted by atomic mass is 32.1. The minimum Gasteiger partial charge on any atom is -0.477 e. The Morgan fingerprint density at radius 1 is 1.56 bits per heavy atom. The first-order chi connectivity index (χ1) is 8.58. The van der Waals surface area contributed by atoms with Gasteiger partial charge in [0.2, 0.25) is 0 Å². The number of nitrogens with zero attached hydrogens (tertiary/aromatic N) is 1. The maximum absolute atomic E-state index is 11.0. The second-order valence-corrected chi connectivity index (χ2v) is 5.82. The zero-order valence-corrected chi connectivity index (χ0v) is 11.8. The first-order valence-corrected chi connectivity index (χ1v) is 7.29. The van der Waals surface area contributed by atoms with Crippen LogP contribution < -0.4 is 5.32 Å². The SMILES string of the molecule is Cc1csc(C(C)NCc2ccsc2C(=O)O)n1. The third kappa shape index (κ3) is 2.95. The summed E-state index contributed by atoms with van der Waals surface area (Å²) in [5.41, 5.74) is 1.85. The fourth-order valence-electron chi connectivity index (χ4n) is 1.58. The Morgan fingerprint density at radius 3 is 2.94 bits per heavy atom. The number of thiophene rings is 1. The average molecular weight is 282 g/mol. The van der Waals surface area contributed by atoms with Crippen molar-refractivity contribution in [1.29, 1.82) is 0 Å². The number of hydrogen-bond donors (Lipinski definition) is 2. The predicted molar refractivity (Wildman–Crippen MR) is 73.4 cm³/mol. The Morgan fingerprint density at radius 2 is 2.33 bits per heavy atom. The number of aromatic carboxylic acids is 1. The fraction of sp³-hybridized carbons (Fsp3) is 0.333. The van der Waals surface area contributed by atoms with Crippen LogP contribution >= 0.6 is 22.7 Å². The van der Waals surface area contributed by atoms with Gasteiger partial charge in [0.1, 0.15) is 9.88 Å². The summed E-state index contributed by atoms with van der Waals surface area (Å²) in [5.74, 6) is -0.862. The number of aryl methyl sites for hydroxylation is 1. The number of hydrogen-bond acceptors (Lipinski definition) is 5. The van der Waals surface area contributed by atoms with E-state index in [1.54, 1.807) is 16.7 Å². The van der Waals surface area contributed by atoms with Crippen molar-refractivity contribution in [2.75, 3.05) is 0 Å². The summed E-state index contributed by atoms with van der Waals surface area (Å²) < 4.78 is 0. The van der Waals surface area contributed by atoms with E-state index >= 15 is 0 Å². The molecular weight excluding hydrogens is 268 g/mol. The molecule has 2 N–H and O–H groups in total. The molecule has 0 bridgehead atoms. The van der Waals surface area contributed by atoms with Crippen molar-refractivity contribution in [3.8, 4) is 0 Å². The molecule has 2 aromatic rings. The molecule has 0 radical (unpaired) electrons. The highest BCUT2D eigenvalue weighted by Crippen LogP contribution is 2.20. The van der Waals surface area contributed by atoms with Crippen molar-refractivity contribution >= 4 is 28.6 Å². The summed E-state index contributed by atoms with van der Waals surface area (Å²) in [5, 5.41) is 17.2. The Hall–Kier alpha value is -1.24. The van der Waals surface area contributed by atoms with Gasteiger partial charge in [-0.2, -0.15) is 0 Å². The first kappa shape index (κ1) is 13.2. The molecule has 1 unspecified atom stereocenters. The van der Waals surface area contributed by atoms with Gasteiger partial charge in [-0.3, -0.25) is 0 Å². The van der Waals surface area contributed by atoms with Crippen molar-refractivity contribution in [2.24, 2.45) is 0 Å². The number of rotatable bonds is 5. The lowest BCUT2D eigenvalue weighted by Crippen LogP contribution is -2.18. The lowest BCUT2D eigenvalue weighted by molar-refractivity contribution is 0.0701. The molecule has 0 aliphatic heterocycles. The van der Waals surface area contributed by atoms with Crippen LogP contribution in [-0.4, -0.2) is 16.1 Å². The van der Waals surface area contributed by atoms with Crippen LogP contribution in [0.5, 0.6) is 0 Å². The van der Waals surface area contributed by atoms with E-state index < -0.39 is 5.97 Å². The Bertz CT molecular complexity index is 548. The zero-order valence-electron chi connectivity index (χ0n) is 10.1. The molecule has 0 spiro atoms. The van der Waals surface area contributed by atoms with E-state index in [1.165, 1.54) is 11.3 Å². The van der Waals surface area contributed by atoms with Crippen molar-refractivity contribution < 1.29 is 9.90 Å². The zero-order chi connectivity index (χ0) is 13.1. The summed E-state index contributed by atoms with van der Waals surface area (Å²) in [6.45, 7) is 4.55. The van der Waals surface area contributed by atoms with Crippen LogP contribution in [-0.2, 0) is 6.54 Å². The van der Waals surface area contributed by atoms with Gasteiger partial charge in [0.15, 0.2) is 0 Å². The van der Waals surface area contributed by atoms with Gasteiger partial charge in [0, 0.05) is 17.6 Å². The van der Waals surface area contributed by atoms with Crippen LogP contribution in [0.2, 0.25) is 0 Å². The van der Waals surface area contributed by atoms with E-state index in [-0.39, 0.29) is 6.04 Å². The monoisotopic (exact) mass is 282 g/mol. The van der Waals surface area contributed by atoms with Crippen LogP contribution in [0, 0.1) is 6.92 Å². The molecule has 6 heteroatoms. The van der Waals surface area contributed by atoms with Crippen molar-refractivity contribution in [3.63, 3.8) is 0 Å². The average Bonchev–Trinajstić information content (AvgIpc) is 2.94. The maximum atomic E-state index is 11.0. The maximum Gasteiger partial charge on any atom is 0.346 e. The number of aromatic nitrogens is 1. The first-order valence-electron chi connectivity index (χ1n) is 5.53. The molecule has 0 saturated carbocycles. The fourth-order valence-corrected chi connectivity index (χ4v) is 3.17. The van der Waals surface area contributed by atoms with E-state index in [2.05, 4.69) is 10.3 Å². The van der Waals surface area contributed by atoms with Crippen LogP contribution in [0.25, 0.3) is 0 Å². The second-order valence-electron chi connectivity index (χ2n) is 4.01. The third-order valence-corrected chi connectivity index (χ3v) is 4.64. The summed E-state index contributed by atoms with van der Waals surface area (Å²) in [4.78, 5) is 15.8. The van der Waals surface area contributed by atoms with Crippen molar-refractivity contribution in [2.45, 2.75) is 26.4 Å². The summed E-state index contributed by atoms with van der Waals surface area (Å²) in [6, 6.07) is 1.98. The normalized spacial score (nSPS) is 12.6. The molecule has 2 rings (SSSR count). The van der Waals surface area contributed by atoms with E-state index in [4.69, 9.17) is 5.11 Å². The molecule has 2 heterocycles. The highest BCUT2D eigenvalue weighted by Gasteiger charge is 2.13. The van der Waals surface area contributed by atoms with E-state index in [1.807, 2.05) is 25.3 Å². The molecule has 4 nitrogen and oxygen atoms in total. The minimum absolute atomic E-state index is 0.130. The Labute approximate surface area is 113 Å². The largest absolute Gasteiger partial charge is 0.477 e. The lowest BCUT2D eigenvalue weighted by atomic mass is 10.2. The number of nitrogens with one attached hydrogen (secondary N) is 1. The number of thiazole rings is 1. The van der Waals surface area contributed by atoms with Gasteiger partial charge in [0.25, 0.3) is 0 Å². The smallest absolute Gasteiger partial charge is 0.346 e. The molecular formula is C12H14N2O2S2. The second kappa shape index (κ2) is 5.60. The van der Waals surface area contributed by atoms with Crippen LogP contribution in [0.4, 0.5) is 0 Å². The van der Waals surface area contributed by atoms with E-state index in [0.29, 0.717) is 11.4 Å². The van der Waals surface area contributed by atoms with Gasteiger partial charge < -0.3 is 10.4 Å². The molecule has 2 aromatic heterocycles.